The summed E-state index contributed by atoms with van der Waals surface area (Å²) in [5, 5.41) is 3.89. The lowest BCUT2D eigenvalue weighted by Crippen LogP contribution is -2.28. The molecule has 0 radical (unpaired) electrons. The molecule has 2 rings (SSSR count). The van der Waals surface area contributed by atoms with E-state index in [0.717, 1.165) is 5.56 Å². The van der Waals surface area contributed by atoms with Crippen LogP contribution in [0.15, 0.2) is 18.2 Å². The zero-order valence-corrected chi connectivity index (χ0v) is 13.9. The maximum atomic E-state index is 12.0. The number of carbonyl (C=O) groups is 1. The van der Waals surface area contributed by atoms with Gasteiger partial charge in [-0.3, -0.25) is 4.79 Å². The second-order valence-corrected chi connectivity index (χ2v) is 8.50. The minimum Gasteiger partial charge on any atom is -0.350 e. The van der Waals surface area contributed by atoms with Gasteiger partial charge in [0, 0.05) is 16.5 Å². The molecule has 1 aliphatic rings. The summed E-state index contributed by atoms with van der Waals surface area (Å²) in [6, 6.07) is 4.87. The van der Waals surface area contributed by atoms with E-state index in [2.05, 4.69) is 5.32 Å². The second kappa shape index (κ2) is 6.55. The highest BCUT2D eigenvalue weighted by molar-refractivity contribution is 7.91. The number of sulfone groups is 1. The number of rotatable bonds is 4. The molecule has 1 N–H and O–H groups in total. The molecule has 21 heavy (non-hydrogen) atoms. The number of hydrogen-bond acceptors (Lipinski definition) is 3. The maximum absolute atomic E-state index is 12.0. The van der Waals surface area contributed by atoms with Crippen molar-refractivity contribution in [3.05, 3.63) is 33.8 Å². The first-order chi connectivity index (χ1) is 9.77. The summed E-state index contributed by atoms with van der Waals surface area (Å²) < 4.78 is 22.8. The first-order valence-corrected chi connectivity index (χ1v) is 9.29. The van der Waals surface area contributed by atoms with Crippen LogP contribution in [0.5, 0.6) is 0 Å². The Hall–Kier alpha value is -0.780. The molecule has 1 aromatic carbocycles. The zero-order valence-electron chi connectivity index (χ0n) is 11.6. The van der Waals surface area contributed by atoms with Crippen molar-refractivity contribution in [2.24, 2.45) is 5.92 Å². The Morgan fingerprint density at radius 1 is 1.43 bits per heavy atom. The molecule has 116 valence electrons. The van der Waals surface area contributed by atoms with E-state index in [4.69, 9.17) is 23.2 Å². The van der Waals surface area contributed by atoms with E-state index in [1.807, 2.05) is 6.92 Å². The molecule has 7 heteroatoms. The van der Waals surface area contributed by atoms with Crippen molar-refractivity contribution < 1.29 is 13.2 Å². The summed E-state index contributed by atoms with van der Waals surface area (Å²) in [5.41, 5.74) is 0.786. The predicted octanol–water partition coefficient (Wildman–Crippen LogP) is 3.00. The average Bonchev–Trinajstić information content (AvgIpc) is 2.67. The van der Waals surface area contributed by atoms with Crippen LogP contribution in [0.3, 0.4) is 0 Å². The lowest BCUT2D eigenvalue weighted by atomic mass is 10.0. The maximum Gasteiger partial charge on any atom is 0.220 e. The molecule has 2 atom stereocenters. The van der Waals surface area contributed by atoms with Crippen LogP contribution >= 0.6 is 23.2 Å². The van der Waals surface area contributed by atoms with Crippen molar-refractivity contribution in [3.8, 4) is 0 Å². The molecule has 1 amide bonds. The summed E-state index contributed by atoms with van der Waals surface area (Å²) in [6.07, 6.45) is 0.792. The lowest BCUT2D eigenvalue weighted by Gasteiger charge is -2.17. The van der Waals surface area contributed by atoms with Crippen LogP contribution in [0.1, 0.15) is 31.4 Å². The SMILES string of the molecule is CC(NC(=O)CC1CCS(=O)(=O)C1)c1ccc(Cl)cc1Cl. The molecule has 1 aromatic rings. The van der Waals surface area contributed by atoms with Gasteiger partial charge in [0.05, 0.1) is 17.5 Å². The van der Waals surface area contributed by atoms with Gasteiger partial charge in [0.2, 0.25) is 5.91 Å². The molecular formula is C14H17Cl2NO3S. The summed E-state index contributed by atoms with van der Waals surface area (Å²) >= 11 is 11.9. The van der Waals surface area contributed by atoms with Crippen LogP contribution in [-0.2, 0) is 14.6 Å². The highest BCUT2D eigenvalue weighted by Gasteiger charge is 2.29. The van der Waals surface area contributed by atoms with Gasteiger partial charge in [0.25, 0.3) is 0 Å². The van der Waals surface area contributed by atoms with Gasteiger partial charge in [-0.05, 0) is 37.0 Å². The Morgan fingerprint density at radius 2 is 2.14 bits per heavy atom. The molecular weight excluding hydrogens is 333 g/mol. The van der Waals surface area contributed by atoms with E-state index in [9.17, 15) is 13.2 Å². The standard InChI is InChI=1S/C14H17Cl2NO3S/c1-9(12-3-2-11(15)7-13(12)16)17-14(18)6-10-4-5-21(19,20)8-10/h2-3,7,9-10H,4-6,8H2,1H3,(H,17,18). The van der Waals surface area contributed by atoms with Crippen LogP contribution in [0.2, 0.25) is 10.0 Å². The normalized spacial score (nSPS) is 22.0. The molecule has 1 fully saturated rings. The average molecular weight is 350 g/mol. The molecule has 2 unspecified atom stereocenters. The molecule has 0 aromatic heterocycles. The van der Waals surface area contributed by atoms with Crippen LogP contribution in [0.25, 0.3) is 0 Å². The molecule has 0 saturated carbocycles. The smallest absolute Gasteiger partial charge is 0.220 e. The van der Waals surface area contributed by atoms with Crippen molar-refractivity contribution in [3.63, 3.8) is 0 Å². The van der Waals surface area contributed by atoms with Crippen LogP contribution < -0.4 is 5.32 Å². The Kier molecular flexibility index (Phi) is 5.17. The van der Waals surface area contributed by atoms with Gasteiger partial charge in [0.1, 0.15) is 0 Å². The first kappa shape index (κ1) is 16.6. The zero-order chi connectivity index (χ0) is 15.6. The van der Waals surface area contributed by atoms with Gasteiger partial charge in [-0.1, -0.05) is 29.3 Å². The molecule has 1 aliphatic heterocycles. The fourth-order valence-corrected chi connectivity index (χ4v) is 4.96. The fraction of sp³-hybridized carbons (Fsp3) is 0.500. The number of halogens is 2. The number of amides is 1. The topological polar surface area (TPSA) is 63.2 Å². The van der Waals surface area contributed by atoms with Gasteiger partial charge in [-0.15, -0.1) is 0 Å². The molecule has 0 bridgehead atoms. The van der Waals surface area contributed by atoms with E-state index in [1.54, 1.807) is 18.2 Å². The molecule has 1 saturated heterocycles. The van der Waals surface area contributed by atoms with E-state index < -0.39 is 9.84 Å². The Bertz CT molecular complexity index is 646. The lowest BCUT2D eigenvalue weighted by molar-refractivity contribution is -0.122. The summed E-state index contributed by atoms with van der Waals surface area (Å²) in [4.78, 5) is 12.0. The Balaban J connectivity index is 1.93. The van der Waals surface area contributed by atoms with Crippen LogP contribution in [-0.4, -0.2) is 25.8 Å². The van der Waals surface area contributed by atoms with E-state index in [0.29, 0.717) is 16.5 Å². The molecule has 1 heterocycles. The van der Waals surface area contributed by atoms with Gasteiger partial charge in [-0.25, -0.2) is 8.42 Å². The first-order valence-electron chi connectivity index (χ1n) is 6.71. The highest BCUT2D eigenvalue weighted by atomic mass is 35.5. The third-order valence-electron chi connectivity index (χ3n) is 3.61. The van der Waals surface area contributed by atoms with Gasteiger partial charge in [0.15, 0.2) is 9.84 Å². The summed E-state index contributed by atoms with van der Waals surface area (Å²) in [6.45, 7) is 1.83. The molecule has 4 nitrogen and oxygen atoms in total. The fourth-order valence-electron chi connectivity index (χ4n) is 2.53. The predicted molar refractivity (Wildman–Crippen MR) is 84.4 cm³/mol. The van der Waals surface area contributed by atoms with Crippen molar-refractivity contribution in [2.45, 2.75) is 25.8 Å². The highest BCUT2D eigenvalue weighted by Crippen LogP contribution is 2.27. The summed E-state index contributed by atoms with van der Waals surface area (Å²) in [7, 11) is -2.95. The van der Waals surface area contributed by atoms with Crippen molar-refractivity contribution >= 4 is 38.9 Å². The van der Waals surface area contributed by atoms with Crippen molar-refractivity contribution in [1.82, 2.24) is 5.32 Å². The van der Waals surface area contributed by atoms with E-state index in [-0.39, 0.29) is 35.8 Å². The van der Waals surface area contributed by atoms with Crippen LogP contribution in [0, 0.1) is 5.92 Å². The quantitative estimate of drug-likeness (QED) is 0.908. The van der Waals surface area contributed by atoms with Gasteiger partial charge in [-0.2, -0.15) is 0 Å². The number of hydrogen-bond donors (Lipinski definition) is 1. The van der Waals surface area contributed by atoms with Gasteiger partial charge < -0.3 is 5.32 Å². The van der Waals surface area contributed by atoms with Crippen LogP contribution in [0.4, 0.5) is 0 Å². The third kappa shape index (κ3) is 4.59. The van der Waals surface area contributed by atoms with E-state index in [1.165, 1.54) is 0 Å². The number of nitrogens with one attached hydrogen (secondary N) is 1. The Labute approximate surface area is 134 Å². The van der Waals surface area contributed by atoms with Gasteiger partial charge >= 0.3 is 0 Å². The summed E-state index contributed by atoms with van der Waals surface area (Å²) in [5.74, 6) is 0.0542. The van der Waals surface area contributed by atoms with Crippen molar-refractivity contribution in [1.29, 1.82) is 0 Å². The van der Waals surface area contributed by atoms with Crippen molar-refractivity contribution in [2.75, 3.05) is 11.5 Å². The number of carbonyl (C=O) groups excluding carboxylic acids is 1. The van der Waals surface area contributed by atoms with E-state index >= 15 is 0 Å². The Morgan fingerprint density at radius 3 is 2.71 bits per heavy atom. The monoisotopic (exact) mass is 349 g/mol. The second-order valence-electron chi connectivity index (χ2n) is 5.43. The third-order valence-corrected chi connectivity index (χ3v) is 6.01. The minimum atomic E-state index is -2.95. The largest absolute Gasteiger partial charge is 0.350 e. The molecule has 0 spiro atoms. The molecule has 0 aliphatic carbocycles. The minimum absolute atomic E-state index is 0.0807. The number of benzene rings is 1.